The fourth-order valence-electron chi connectivity index (χ4n) is 1.53. The van der Waals surface area contributed by atoms with Gasteiger partial charge in [-0.3, -0.25) is 4.98 Å². The summed E-state index contributed by atoms with van der Waals surface area (Å²) in [7, 11) is 0. The van der Waals surface area contributed by atoms with Gasteiger partial charge in [0.05, 0.1) is 10.0 Å². The van der Waals surface area contributed by atoms with Crippen molar-refractivity contribution in [2.75, 3.05) is 0 Å². The van der Waals surface area contributed by atoms with Crippen LogP contribution >= 0.6 is 23.2 Å². The second kappa shape index (κ2) is 6.45. The largest absolute Gasteiger partial charge is 0.486 e. The minimum atomic E-state index is -0.0670. The van der Waals surface area contributed by atoms with Gasteiger partial charge in [-0.1, -0.05) is 34.4 Å². The first kappa shape index (κ1) is 14.4. The number of rotatable bonds is 4. The molecule has 0 radical (unpaired) electrons. The highest BCUT2D eigenvalue weighted by Crippen LogP contribution is 2.32. The summed E-state index contributed by atoms with van der Waals surface area (Å²) in [6.07, 6.45) is 1.54. The first-order chi connectivity index (χ1) is 9.61. The summed E-state index contributed by atoms with van der Waals surface area (Å²) in [6.45, 7) is 0.234. The number of hydrogen-bond acceptors (Lipinski definition) is 4. The standard InChI is InChI=1S/C13H11Cl2N3O2/c14-9-2-1-3-10(15)12(9)20-7-8-4-5-17-11(6-8)13(16)18-19/h1-6,19H,7H2,(H2,16,18). The van der Waals surface area contributed by atoms with E-state index in [9.17, 15) is 0 Å². The van der Waals surface area contributed by atoms with E-state index >= 15 is 0 Å². The molecule has 0 aliphatic heterocycles. The van der Waals surface area contributed by atoms with E-state index in [1.165, 1.54) is 0 Å². The average molecular weight is 312 g/mol. The van der Waals surface area contributed by atoms with Crippen LogP contribution in [0.2, 0.25) is 10.0 Å². The van der Waals surface area contributed by atoms with Crippen molar-refractivity contribution in [3.63, 3.8) is 0 Å². The predicted octanol–water partition coefficient (Wildman–Crippen LogP) is 3.06. The van der Waals surface area contributed by atoms with Gasteiger partial charge in [-0.25, -0.2) is 0 Å². The van der Waals surface area contributed by atoms with Gasteiger partial charge < -0.3 is 15.7 Å². The Hall–Kier alpha value is -1.98. The fourth-order valence-corrected chi connectivity index (χ4v) is 2.04. The van der Waals surface area contributed by atoms with Gasteiger partial charge in [0.1, 0.15) is 12.3 Å². The molecule has 0 spiro atoms. The summed E-state index contributed by atoms with van der Waals surface area (Å²) in [4.78, 5) is 3.98. The van der Waals surface area contributed by atoms with Crippen LogP contribution in [0.4, 0.5) is 0 Å². The van der Waals surface area contributed by atoms with E-state index in [2.05, 4.69) is 10.1 Å². The molecule has 0 saturated carbocycles. The van der Waals surface area contributed by atoms with Crippen molar-refractivity contribution in [1.29, 1.82) is 0 Å². The van der Waals surface area contributed by atoms with Crippen LogP contribution in [0.1, 0.15) is 11.3 Å². The second-order valence-corrected chi connectivity index (χ2v) is 4.69. The van der Waals surface area contributed by atoms with Crippen LogP contribution in [0.5, 0.6) is 5.75 Å². The highest BCUT2D eigenvalue weighted by Gasteiger charge is 2.08. The smallest absolute Gasteiger partial charge is 0.188 e. The van der Waals surface area contributed by atoms with E-state index in [-0.39, 0.29) is 12.4 Å². The third-order valence-corrected chi connectivity index (χ3v) is 3.09. The number of nitrogens with zero attached hydrogens (tertiary/aromatic N) is 2. The summed E-state index contributed by atoms with van der Waals surface area (Å²) >= 11 is 12.0. The summed E-state index contributed by atoms with van der Waals surface area (Å²) in [5, 5.41) is 12.4. The molecule has 20 heavy (non-hydrogen) atoms. The zero-order valence-electron chi connectivity index (χ0n) is 10.3. The number of halogens is 2. The second-order valence-electron chi connectivity index (χ2n) is 3.87. The Morgan fingerprint density at radius 2 is 2.00 bits per heavy atom. The number of aromatic nitrogens is 1. The van der Waals surface area contributed by atoms with E-state index in [0.29, 0.717) is 21.5 Å². The van der Waals surface area contributed by atoms with E-state index in [4.69, 9.17) is 38.9 Å². The lowest BCUT2D eigenvalue weighted by Gasteiger charge is -2.10. The molecule has 1 aromatic heterocycles. The Morgan fingerprint density at radius 1 is 1.30 bits per heavy atom. The maximum atomic E-state index is 8.62. The normalized spacial score (nSPS) is 11.4. The van der Waals surface area contributed by atoms with E-state index in [1.54, 1.807) is 36.5 Å². The molecule has 0 unspecified atom stereocenters. The molecule has 0 fully saturated rings. The number of nitrogens with two attached hydrogens (primary N) is 1. The quantitative estimate of drug-likeness (QED) is 0.393. The number of pyridine rings is 1. The Balaban J connectivity index is 2.15. The van der Waals surface area contributed by atoms with Crippen molar-refractivity contribution < 1.29 is 9.94 Å². The molecule has 0 saturated heterocycles. The summed E-state index contributed by atoms with van der Waals surface area (Å²) < 4.78 is 5.59. The molecule has 2 rings (SSSR count). The van der Waals surface area contributed by atoms with Crippen molar-refractivity contribution in [3.8, 4) is 5.75 Å². The van der Waals surface area contributed by atoms with Gasteiger partial charge in [0, 0.05) is 6.20 Å². The lowest BCUT2D eigenvalue weighted by atomic mass is 10.2. The lowest BCUT2D eigenvalue weighted by molar-refractivity contribution is 0.306. The Labute approximate surface area is 125 Å². The molecule has 0 aliphatic rings. The minimum Gasteiger partial charge on any atom is -0.486 e. The van der Waals surface area contributed by atoms with Crippen molar-refractivity contribution >= 4 is 29.0 Å². The molecule has 104 valence electrons. The van der Waals surface area contributed by atoms with Crippen LogP contribution in [0.15, 0.2) is 41.7 Å². The molecular formula is C13H11Cl2N3O2. The Kier molecular flexibility index (Phi) is 4.65. The topological polar surface area (TPSA) is 80.7 Å². The molecule has 0 aliphatic carbocycles. The average Bonchev–Trinajstić information content (AvgIpc) is 2.46. The van der Waals surface area contributed by atoms with Gasteiger partial charge in [0.15, 0.2) is 11.6 Å². The fraction of sp³-hybridized carbons (Fsp3) is 0.0769. The molecule has 0 bridgehead atoms. The number of benzene rings is 1. The number of para-hydroxylation sites is 1. The molecular weight excluding hydrogens is 301 g/mol. The van der Waals surface area contributed by atoms with E-state index in [1.807, 2.05) is 0 Å². The maximum Gasteiger partial charge on any atom is 0.188 e. The summed E-state index contributed by atoms with van der Waals surface area (Å²) in [5.41, 5.74) is 6.62. The van der Waals surface area contributed by atoms with Crippen molar-refractivity contribution in [2.24, 2.45) is 10.9 Å². The predicted molar refractivity (Wildman–Crippen MR) is 77.5 cm³/mol. The summed E-state index contributed by atoms with van der Waals surface area (Å²) in [6, 6.07) is 8.52. The van der Waals surface area contributed by atoms with E-state index in [0.717, 1.165) is 5.56 Å². The minimum absolute atomic E-state index is 0.0670. The van der Waals surface area contributed by atoms with Crippen molar-refractivity contribution in [1.82, 2.24) is 4.98 Å². The van der Waals surface area contributed by atoms with Gasteiger partial charge >= 0.3 is 0 Å². The molecule has 5 nitrogen and oxygen atoms in total. The number of amidine groups is 1. The highest BCUT2D eigenvalue weighted by atomic mass is 35.5. The van der Waals surface area contributed by atoms with Crippen LogP contribution in [-0.4, -0.2) is 16.0 Å². The number of hydrogen-bond donors (Lipinski definition) is 2. The molecule has 2 aromatic rings. The van der Waals surface area contributed by atoms with Gasteiger partial charge in [0.2, 0.25) is 0 Å². The number of ether oxygens (including phenoxy) is 1. The van der Waals surface area contributed by atoms with Gasteiger partial charge in [-0.2, -0.15) is 0 Å². The lowest BCUT2D eigenvalue weighted by Crippen LogP contribution is -2.15. The highest BCUT2D eigenvalue weighted by molar-refractivity contribution is 6.37. The third-order valence-electron chi connectivity index (χ3n) is 2.50. The van der Waals surface area contributed by atoms with Crippen LogP contribution in [0, 0.1) is 0 Å². The molecule has 0 atom stereocenters. The van der Waals surface area contributed by atoms with Gasteiger partial charge in [-0.15, -0.1) is 0 Å². The van der Waals surface area contributed by atoms with Crippen molar-refractivity contribution in [2.45, 2.75) is 6.61 Å². The molecule has 1 aromatic carbocycles. The first-order valence-corrected chi connectivity index (χ1v) is 6.37. The molecule has 7 heteroatoms. The maximum absolute atomic E-state index is 8.62. The third kappa shape index (κ3) is 3.31. The SMILES string of the molecule is NC(=NO)c1cc(COc2c(Cl)cccc2Cl)ccn1. The number of oxime groups is 1. The monoisotopic (exact) mass is 311 g/mol. The van der Waals surface area contributed by atoms with Crippen LogP contribution in [0.25, 0.3) is 0 Å². The Bertz CT molecular complexity index is 627. The van der Waals surface area contributed by atoms with Gasteiger partial charge in [-0.05, 0) is 29.8 Å². The zero-order chi connectivity index (χ0) is 14.5. The molecule has 1 heterocycles. The van der Waals surface area contributed by atoms with Crippen LogP contribution < -0.4 is 10.5 Å². The van der Waals surface area contributed by atoms with E-state index < -0.39 is 0 Å². The van der Waals surface area contributed by atoms with Crippen molar-refractivity contribution in [3.05, 3.63) is 57.8 Å². The zero-order valence-corrected chi connectivity index (χ0v) is 11.8. The molecule has 3 N–H and O–H groups in total. The first-order valence-electron chi connectivity index (χ1n) is 5.61. The van der Waals surface area contributed by atoms with Gasteiger partial charge in [0.25, 0.3) is 0 Å². The van der Waals surface area contributed by atoms with Crippen LogP contribution in [-0.2, 0) is 6.61 Å². The Morgan fingerprint density at radius 3 is 2.65 bits per heavy atom. The summed E-state index contributed by atoms with van der Waals surface area (Å²) in [5.74, 6) is 0.348. The van der Waals surface area contributed by atoms with Crippen LogP contribution in [0.3, 0.4) is 0 Å². The molecule has 0 amide bonds.